The number of nitrogens with zero attached hydrogens (tertiary/aromatic N) is 4. The lowest BCUT2D eigenvalue weighted by Gasteiger charge is -2.34. The van der Waals surface area contributed by atoms with Gasteiger partial charge in [-0.25, -0.2) is 9.78 Å². The van der Waals surface area contributed by atoms with E-state index in [0.29, 0.717) is 5.91 Å². The molecule has 30 heavy (non-hydrogen) atoms. The van der Waals surface area contributed by atoms with Gasteiger partial charge in [0.05, 0.1) is 11.1 Å². The van der Waals surface area contributed by atoms with Gasteiger partial charge in [-0.1, -0.05) is 19.1 Å². The fourth-order valence-electron chi connectivity index (χ4n) is 3.69. The predicted octanol–water partition coefficient (Wildman–Crippen LogP) is 2.71. The Morgan fingerprint density at radius 1 is 1.23 bits per heavy atom. The van der Waals surface area contributed by atoms with Crippen molar-refractivity contribution in [3.63, 3.8) is 0 Å². The van der Waals surface area contributed by atoms with Crippen LogP contribution in [0.5, 0.6) is 0 Å². The molecule has 168 valence electrons. The Balaban J connectivity index is 0.000000396. The van der Waals surface area contributed by atoms with Gasteiger partial charge < -0.3 is 19.5 Å². The number of aromatic nitrogens is 2. The smallest absolute Gasteiger partial charge is 0.475 e. The van der Waals surface area contributed by atoms with Crippen LogP contribution < -0.4 is 0 Å². The normalized spacial score (nSPS) is 21.5. The van der Waals surface area contributed by atoms with E-state index < -0.39 is 12.1 Å². The molecule has 1 aromatic heterocycles. The number of hydrogen-bond donors (Lipinski definition) is 1. The number of imidazole rings is 1. The van der Waals surface area contributed by atoms with Crippen molar-refractivity contribution in [2.45, 2.75) is 51.9 Å². The van der Waals surface area contributed by atoms with Gasteiger partial charge >= 0.3 is 12.1 Å². The minimum absolute atomic E-state index is 0.215. The van der Waals surface area contributed by atoms with Gasteiger partial charge in [0.2, 0.25) is 5.91 Å². The van der Waals surface area contributed by atoms with Gasteiger partial charge in [0.15, 0.2) is 0 Å². The first-order valence-corrected chi connectivity index (χ1v) is 9.86. The fraction of sp³-hybridized carbons (Fsp3) is 0.650. The molecule has 2 heterocycles. The Bertz CT molecular complexity index is 789. The number of halogens is 3. The van der Waals surface area contributed by atoms with Crippen LogP contribution in [0.15, 0.2) is 18.3 Å². The number of alkyl halides is 3. The number of hydrogen-bond acceptors (Lipinski definition) is 4. The van der Waals surface area contributed by atoms with Crippen molar-refractivity contribution in [3.8, 4) is 0 Å². The largest absolute Gasteiger partial charge is 0.490 e. The second-order valence-corrected chi connectivity index (χ2v) is 8.18. The van der Waals surface area contributed by atoms with Crippen molar-refractivity contribution in [1.82, 2.24) is 19.4 Å². The van der Waals surface area contributed by atoms with Gasteiger partial charge in [0.1, 0.15) is 5.82 Å². The maximum absolute atomic E-state index is 13.0. The number of rotatable bonds is 3. The molecule has 0 saturated heterocycles. The van der Waals surface area contributed by atoms with E-state index in [2.05, 4.69) is 52.5 Å². The number of carboxylic acids is 1. The molecule has 0 radical (unpaired) electrons. The highest BCUT2D eigenvalue weighted by Gasteiger charge is 2.38. The minimum atomic E-state index is -5.08. The first kappa shape index (κ1) is 23.9. The lowest BCUT2D eigenvalue weighted by Crippen LogP contribution is -2.44. The Morgan fingerprint density at radius 2 is 1.90 bits per heavy atom. The molecular formula is C20H29F3N4O3. The molecule has 1 unspecified atom stereocenters. The summed E-state index contributed by atoms with van der Waals surface area (Å²) in [5, 5.41) is 7.12. The molecule has 0 fully saturated rings. The summed E-state index contributed by atoms with van der Waals surface area (Å²) in [4.78, 5) is 30.7. The highest BCUT2D eigenvalue weighted by molar-refractivity contribution is 5.82. The van der Waals surface area contributed by atoms with E-state index in [9.17, 15) is 18.0 Å². The van der Waals surface area contributed by atoms with Crippen molar-refractivity contribution in [2.24, 2.45) is 5.41 Å². The zero-order valence-electron chi connectivity index (χ0n) is 17.6. The second-order valence-electron chi connectivity index (χ2n) is 8.18. The van der Waals surface area contributed by atoms with Crippen LogP contribution in [0.2, 0.25) is 0 Å². The molecule has 0 spiro atoms. The number of carbonyl (C=O) groups excluding carboxylic acids is 1. The van der Waals surface area contributed by atoms with E-state index in [-0.39, 0.29) is 5.41 Å². The first-order chi connectivity index (χ1) is 13.9. The van der Waals surface area contributed by atoms with Crippen molar-refractivity contribution in [3.05, 3.63) is 29.9 Å². The van der Waals surface area contributed by atoms with Crippen LogP contribution in [0.1, 0.15) is 37.7 Å². The molecule has 3 rings (SSSR count). The molecule has 1 aromatic rings. The molecule has 7 nitrogen and oxygen atoms in total. The quantitative estimate of drug-likeness (QED) is 0.746. The third-order valence-electron chi connectivity index (χ3n) is 5.34. The van der Waals surface area contributed by atoms with E-state index in [1.807, 2.05) is 6.20 Å². The van der Waals surface area contributed by atoms with Gasteiger partial charge in [-0.15, -0.1) is 0 Å². The third-order valence-corrected chi connectivity index (χ3v) is 5.34. The molecule has 0 aromatic carbocycles. The van der Waals surface area contributed by atoms with Gasteiger partial charge in [-0.05, 0) is 33.4 Å². The second kappa shape index (κ2) is 9.63. The number of fused-ring (bicyclic) bond motifs is 1. The maximum Gasteiger partial charge on any atom is 0.490 e. The third kappa shape index (κ3) is 6.07. The Morgan fingerprint density at radius 3 is 2.43 bits per heavy atom. The highest BCUT2D eigenvalue weighted by Crippen LogP contribution is 2.34. The van der Waals surface area contributed by atoms with Crippen LogP contribution >= 0.6 is 0 Å². The van der Waals surface area contributed by atoms with Crippen molar-refractivity contribution >= 4 is 11.9 Å². The molecular weight excluding hydrogens is 401 g/mol. The topological polar surface area (TPSA) is 78.7 Å². The number of carbonyl (C=O) groups is 2. The van der Waals surface area contributed by atoms with E-state index in [4.69, 9.17) is 9.90 Å². The number of aliphatic carboxylic acids is 1. The van der Waals surface area contributed by atoms with Gasteiger partial charge in [0, 0.05) is 38.8 Å². The van der Waals surface area contributed by atoms with Crippen LogP contribution in [0.3, 0.4) is 0 Å². The fourth-order valence-corrected chi connectivity index (χ4v) is 3.69. The average Bonchev–Trinajstić information content (AvgIpc) is 2.90. The van der Waals surface area contributed by atoms with E-state index in [0.717, 1.165) is 57.7 Å². The van der Waals surface area contributed by atoms with Crippen LogP contribution in [-0.4, -0.2) is 69.7 Å². The summed E-state index contributed by atoms with van der Waals surface area (Å²) in [6.07, 6.45) is 4.98. The number of carboxylic acid groups (broad SMARTS) is 1. The molecule has 0 bridgehead atoms. The van der Waals surface area contributed by atoms with Gasteiger partial charge in [0.25, 0.3) is 0 Å². The SMILES string of the molecule is CN(C)Cc1cnc2n1CCN(C(=O)C1(C)CC=CCC1)CC2.O=C(O)C(F)(F)F. The summed E-state index contributed by atoms with van der Waals surface area (Å²) >= 11 is 0. The molecule has 1 aliphatic carbocycles. The molecule has 1 atom stereocenters. The van der Waals surface area contributed by atoms with Crippen LogP contribution in [0.25, 0.3) is 0 Å². The standard InChI is InChI=1S/C18H28N4O.C2HF3O2/c1-18(8-5-4-6-9-18)17(23)21-10-7-16-19-13-15(14-20(2)3)22(16)12-11-21;3-2(4,5)1(6)7/h4-5,13H,6-12,14H2,1-3H3;(H,6,7). The zero-order chi connectivity index (χ0) is 22.5. The summed E-state index contributed by atoms with van der Waals surface area (Å²) in [5.41, 5.74) is 1.03. The summed E-state index contributed by atoms with van der Waals surface area (Å²) in [7, 11) is 4.15. The lowest BCUT2D eigenvalue weighted by atomic mass is 9.77. The monoisotopic (exact) mass is 430 g/mol. The number of amides is 1. The molecule has 2 aliphatic rings. The summed E-state index contributed by atoms with van der Waals surface area (Å²) in [5.74, 6) is -1.32. The maximum atomic E-state index is 13.0. The number of allylic oxidation sites excluding steroid dienone is 2. The summed E-state index contributed by atoms with van der Waals surface area (Å²) in [6, 6.07) is 0. The van der Waals surface area contributed by atoms with Crippen molar-refractivity contribution in [2.75, 3.05) is 27.2 Å². The molecule has 1 N–H and O–H groups in total. The molecule has 1 amide bonds. The van der Waals surface area contributed by atoms with E-state index in [1.54, 1.807) is 0 Å². The van der Waals surface area contributed by atoms with Crippen LogP contribution in [0.4, 0.5) is 13.2 Å². The zero-order valence-corrected chi connectivity index (χ0v) is 17.6. The van der Waals surface area contributed by atoms with Gasteiger partial charge in [-0.2, -0.15) is 13.2 Å². The van der Waals surface area contributed by atoms with Gasteiger partial charge in [-0.3, -0.25) is 4.79 Å². The predicted molar refractivity (Wildman–Crippen MR) is 105 cm³/mol. The Hall–Kier alpha value is -2.36. The Kier molecular flexibility index (Phi) is 7.68. The van der Waals surface area contributed by atoms with Crippen molar-refractivity contribution < 1.29 is 27.9 Å². The van der Waals surface area contributed by atoms with Crippen LogP contribution in [-0.2, 0) is 29.1 Å². The molecule has 0 saturated carbocycles. The summed E-state index contributed by atoms with van der Waals surface area (Å²) < 4.78 is 34.0. The summed E-state index contributed by atoms with van der Waals surface area (Å²) in [6.45, 7) is 5.46. The van der Waals surface area contributed by atoms with E-state index >= 15 is 0 Å². The van der Waals surface area contributed by atoms with E-state index in [1.165, 1.54) is 5.69 Å². The lowest BCUT2D eigenvalue weighted by molar-refractivity contribution is -0.192. The van der Waals surface area contributed by atoms with Crippen molar-refractivity contribution in [1.29, 1.82) is 0 Å². The minimum Gasteiger partial charge on any atom is -0.475 e. The average molecular weight is 430 g/mol. The Labute approximate surface area is 174 Å². The highest BCUT2D eigenvalue weighted by atomic mass is 19.4. The first-order valence-electron chi connectivity index (χ1n) is 9.86. The molecule has 10 heteroatoms. The van der Waals surface area contributed by atoms with Crippen LogP contribution in [0, 0.1) is 5.41 Å². The molecule has 1 aliphatic heterocycles.